The second-order valence-electron chi connectivity index (χ2n) is 7.71. The number of nitrogens with one attached hydrogen (secondary N) is 2. The van der Waals surface area contributed by atoms with E-state index in [2.05, 4.69) is 57.8 Å². The van der Waals surface area contributed by atoms with Gasteiger partial charge in [0.2, 0.25) is 0 Å². The van der Waals surface area contributed by atoms with Gasteiger partial charge in [0.15, 0.2) is 5.96 Å². The summed E-state index contributed by atoms with van der Waals surface area (Å²) in [5.41, 5.74) is 2.49. The molecule has 0 radical (unpaired) electrons. The number of hydrogen-bond acceptors (Lipinski definition) is 3. The lowest BCUT2D eigenvalue weighted by Gasteiger charge is -2.33. The molecule has 5 nitrogen and oxygen atoms in total. The molecule has 3 rings (SSSR count). The molecule has 0 aromatic heterocycles. The van der Waals surface area contributed by atoms with Crippen LogP contribution in [0.1, 0.15) is 30.9 Å². The zero-order valence-corrected chi connectivity index (χ0v) is 21.5. The van der Waals surface area contributed by atoms with Crippen molar-refractivity contribution >= 4 is 40.7 Å². The minimum Gasteiger partial charge on any atom is -0.357 e. The van der Waals surface area contributed by atoms with E-state index < -0.39 is 10.8 Å². The molecule has 0 amide bonds. The van der Waals surface area contributed by atoms with Crippen LogP contribution >= 0.6 is 24.0 Å². The van der Waals surface area contributed by atoms with Crippen molar-refractivity contribution in [1.29, 1.82) is 0 Å². The fraction of sp³-hybridized carbons (Fsp3) is 0.458. The molecule has 2 N–H and O–H groups in total. The first-order valence-corrected chi connectivity index (χ1v) is 12.4. The zero-order valence-electron chi connectivity index (χ0n) is 18.3. The van der Waals surface area contributed by atoms with Crippen molar-refractivity contribution in [2.24, 2.45) is 4.99 Å². The highest BCUT2D eigenvalue weighted by Crippen LogP contribution is 2.13. The fourth-order valence-corrected chi connectivity index (χ4v) is 4.69. The number of benzene rings is 2. The van der Waals surface area contributed by atoms with Gasteiger partial charge in [-0.05, 0) is 30.9 Å². The number of aliphatic imine (C=N–C) groups is 1. The standard InChI is InChI=1S/C24H34N4OS.HI/c1-2-25-24(26-15-18-30(29)20-22-11-7-4-8-12-22)27-23-13-16-28(17-14-23)19-21-9-5-3-6-10-21;/h3-12,23H,2,13-20H2,1H3,(H2,25,26,27);1H. The lowest BCUT2D eigenvalue weighted by Crippen LogP contribution is -2.48. The second kappa shape index (κ2) is 14.6. The number of rotatable bonds is 9. The Morgan fingerprint density at radius 2 is 1.65 bits per heavy atom. The molecule has 7 heteroatoms. The maximum absolute atomic E-state index is 12.3. The van der Waals surface area contributed by atoms with Crippen LogP contribution in [-0.2, 0) is 23.1 Å². The molecule has 2 aromatic rings. The average molecular weight is 555 g/mol. The normalized spacial score (nSPS) is 16.4. The number of nitrogens with zero attached hydrogens (tertiary/aromatic N) is 2. The van der Waals surface area contributed by atoms with Gasteiger partial charge in [0, 0.05) is 54.5 Å². The van der Waals surface area contributed by atoms with Crippen molar-refractivity contribution in [3.05, 3.63) is 71.8 Å². The first-order valence-electron chi connectivity index (χ1n) is 10.9. The van der Waals surface area contributed by atoms with Gasteiger partial charge in [-0.2, -0.15) is 0 Å². The third kappa shape index (κ3) is 9.70. The van der Waals surface area contributed by atoms with E-state index >= 15 is 0 Å². The number of likely N-dealkylation sites (tertiary alicyclic amines) is 1. The molecular formula is C24H35IN4OS. The lowest BCUT2D eigenvalue weighted by molar-refractivity contribution is 0.198. The predicted molar refractivity (Wildman–Crippen MR) is 142 cm³/mol. The molecule has 0 spiro atoms. The molecule has 0 bridgehead atoms. The molecule has 1 aliphatic rings. The van der Waals surface area contributed by atoms with E-state index in [4.69, 9.17) is 0 Å². The number of guanidine groups is 1. The molecule has 1 unspecified atom stereocenters. The molecule has 1 saturated heterocycles. The first-order chi connectivity index (χ1) is 14.7. The van der Waals surface area contributed by atoms with E-state index in [9.17, 15) is 4.21 Å². The summed E-state index contributed by atoms with van der Waals surface area (Å²) in [5.74, 6) is 2.02. The minimum atomic E-state index is -0.892. The molecule has 170 valence electrons. The van der Waals surface area contributed by atoms with Crippen molar-refractivity contribution in [3.63, 3.8) is 0 Å². The quantitative estimate of drug-likeness (QED) is 0.282. The highest BCUT2D eigenvalue weighted by molar-refractivity contribution is 14.0. The van der Waals surface area contributed by atoms with Crippen LogP contribution in [0, 0.1) is 0 Å². The average Bonchev–Trinajstić information content (AvgIpc) is 2.77. The Hall–Kier alpha value is -1.45. The van der Waals surface area contributed by atoms with Gasteiger partial charge < -0.3 is 10.6 Å². The molecule has 1 atom stereocenters. The summed E-state index contributed by atoms with van der Waals surface area (Å²) in [5, 5.41) is 6.91. The van der Waals surface area contributed by atoms with E-state index in [0.29, 0.717) is 24.1 Å². The van der Waals surface area contributed by atoms with Crippen LogP contribution < -0.4 is 10.6 Å². The molecule has 1 fully saturated rings. The Balaban J connectivity index is 0.00000341. The third-order valence-electron chi connectivity index (χ3n) is 5.28. The van der Waals surface area contributed by atoms with Crippen LogP contribution in [0.25, 0.3) is 0 Å². The summed E-state index contributed by atoms with van der Waals surface area (Å²) in [6.45, 7) is 6.68. The Kier molecular flexibility index (Phi) is 12.1. The van der Waals surface area contributed by atoms with Gasteiger partial charge >= 0.3 is 0 Å². The SMILES string of the molecule is CCNC(=NCCS(=O)Cc1ccccc1)NC1CCN(Cc2ccccc2)CC1.I. The van der Waals surface area contributed by atoms with Gasteiger partial charge in [-0.1, -0.05) is 60.7 Å². The van der Waals surface area contributed by atoms with Crippen molar-refractivity contribution in [3.8, 4) is 0 Å². The smallest absolute Gasteiger partial charge is 0.191 e. The zero-order chi connectivity index (χ0) is 21.0. The van der Waals surface area contributed by atoms with Crippen LogP contribution in [-0.4, -0.2) is 53.0 Å². The van der Waals surface area contributed by atoms with E-state index in [-0.39, 0.29) is 24.0 Å². The van der Waals surface area contributed by atoms with Crippen molar-refractivity contribution in [2.75, 3.05) is 31.9 Å². The van der Waals surface area contributed by atoms with Crippen molar-refractivity contribution < 1.29 is 4.21 Å². The fourth-order valence-electron chi connectivity index (χ4n) is 3.68. The van der Waals surface area contributed by atoms with Gasteiger partial charge in [0.1, 0.15) is 0 Å². The van der Waals surface area contributed by atoms with E-state index in [1.54, 1.807) is 0 Å². The molecule has 1 heterocycles. The summed E-state index contributed by atoms with van der Waals surface area (Å²) in [4.78, 5) is 7.18. The van der Waals surface area contributed by atoms with Gasteiger partial charge in [-0.15, -0.1) is 24.0 Å². The Bertz CT molecular complexity index is 796. The van der Waals surface area contributed by atoms with Gasteiger partial charge in [0.05, 0.1) is 6.54 Å². The van der Waals surface area contributed by atoms with Crippen molar-refractivity contribution in [2.45, 2.75) is 38.1 Å². The minimum absolute atomic E-state index is 0. The van der Waals surface area contributed by atoms with Crippen LogP contribution in [0.15, 0.2) is 65.7 Å². The van der Waals surface area contributed by atoms with Crippen LogP contribution in [0.4, 0.5) is 0 Å². The summed E-state index contributed by atoms with van der Waals surface area (Å²) in [6, 6.07) is 21.1. The molecule has 31 heavy (non-hydrogen) atoms. The first kappa shape index (κ1) is 25.8. The second-order valence-corrected chi connectivity index (χ2v) is 9.29. The van der Waals surface area contributed by atoms with E-state index in [0.717, 1.165) is 50.5 Å². The highest BCUT2D eigenvalue weighted by atomic mass is 127. The topological polar surface area (TPSA) is 56.7 Å². The number of piperidine rings is 1. The van der Waals surface area contributed by atoms with Crippen LogP contribution in [0.5, 0.6) is 0 Å². The number of hydrogen-bond donors (Lipinski definition) is 2. The van der Waals surface area contributed by atoms with Crippen LogP contribution in [0.3, 0.4) is 0 Å². The summed E-state index contributed by atoms with van der Waals surface area (Å²) in [6.07, 6.45) is 2.22. The maximum atomic E-state index is 12.3. The van der Waals surface area contributed by atoms with E-state index in [1.807, 2.05) is 30.3 Å². The summed E-state index contributed by atoms with van der Waals surface area (Å²) >= 11 is 0. The van der Waals surface area contributed by atoms with Gasteiger partial charge in [-0.25, -0.2) is 0 Å². The predicted octanol–water partition coefficient (Wildman–Crippen LogP) is 3.77. The Morgan fingerprint density at radius 1 is 1.03 bits per heavy atom. The van der Waals surface area contributed by atoms with Gasteiger partial charge in [-0.3, -0.25) is 14.1 Å². The molecule has 2 aromatic carbocycles. The molecule has 0 saturated carbocycles. The molecule has 0 aliphatic carbocycles. The third-order valence-corrected chi connectivity index (χ3v) is 6.57. The van der Waals surface area contributed by atoms with E-state index in [1.165, 1.54) is 5.56 Å². The largest absolute Gasteiger partial charge is 0.357 e. The monoisotopic (exact) mass is 554 g/mol. The Labute approximate surface area is 206 Å². The lowest BCUT2D eigenvalue weighted by atomic mass is 10.0. The van der Waals surface area contributed by atoms with Crippen LogP contribution in [0.2, 0.25) is 0 Å². The summed E-state index contributed by atoms with van der Waals surface area (Å²) < 4.78 is 12.3. The summed E-state index contributed by atoms with van der Waals surface area (Å²) in [7, 11) is -0.892. The molecule has 1 aliphatic heterocycles. The molecular weight excluding hydrogens is 519 g/mol. The number of halogens is 1. The highest BCUT2D eigenvalue weighted by Gasteiger charge is 2.20. The van der Waals surface area contributed by atoms with Gasteiger partial charge in [0.25, 0.3) is 0 Å². The van der Waals surface area contributed by atoms with Crippen molar-refractivity contribution in [1.82, 2.24) is 15.5 Å². The Morgan fingerprint density at radius 3 is 2.26 bits per heavy atom. The maximum Gasteiger partial charge on any atom is 0.191 e.